The Balaban J connectivity index is 2.32. The van der Waals surface area contributed by atoms with Crippen LogP contribution in [-0.4, -0.2) is 7.00 Å². The molecule has 1 nitrogen and oxygen atoms in total. The maximum Gasteiger partial charge on any atom is 0.0757 e. The first-order valence-corrected chi connectivity index (χ1v) is 9.03. The number of benzene rings is 3. The molecule has 104 valence electrons. The summed E-state index contributed by atoms with van der Waals surface area (Å²) in [5, 5.41) is 13.1. The lowest BCUT2D eigenvalue weighted by Crippen LogP contribution is -2.34. The Morgan fingerprint density at radius 2 is 0.909 bits per heavy atom. The summed E-state index contributed by atoms with van der Waals surface area (Å²) in [6.45, 7) is 1.84. The average Bonchev–Trinajstić information content (AvgIpc) is 2.62. The Morgan fingerprint density at radius 1 is 0.591 bits per heavy atom. The Hall–Kier alpha value is -2.36. The molecule has 0 spiro atoms. The van der Waals surface area contributed by atoms with Crippen LogP contribution in [0.2, 0.25) is 0 Å². The van der Waals surface area contributed by atoms with Crippen LogP contribution in [-0.2, 0) is 0 Å². The minimum absolute atomic E-state index is 1.20. The topological polar surface area (TPSA) is 23.8 Å². The molecular formula is C19H15BNP. The number of nitrogens with zero attached hydrogens (tertiary/aromatic N) is 1. The molecule has 0 fully saturated rings. The lowest BCUT2D eigenvalue weighted by Gasteiger charge is -2.35. The smallest absolute Gasteiger partial charge is 0.0757 e. The summed E-state index contributed by atoms with van der Waals surface area (Å²) in [5.41, 5.74) is 0. The predicted octanol–water partition coefficient (Wildman–Crippen LogP) is 3.08. The first-order chi connectivity index (χ1) is 10.9. The zero-order valence-electron chi connectivity index (χ0n) is 12.1. The zero-order chi connectivity index (χ0) is 15.3. The summed E-state index contributed by atoms with van der Waals surface area (Å²) in [6.07, 6.45) is 0. The monoisotopic (exact) mass is 299 g/mol. The second kappa shape index (κ2) is 6.61. The normalized spacial score (nSPS) is 10.9. The molecule has 0 N–H and O–H groups in total. The largest absolute Gasteiger partial charge is 0.252 e. The third-order valence-electron chi connectivity index (χ3n) is 3.74. The van der Waals surface area contributed by atoms with Gasteiger partial charge in [-0.2, -0.15) is 5.97 Å². The van der Waals surface area contributed by atoms with Crippen molar-refractivity contribution in [2.24, 2.45) is 0 Å². The van der Waals surface area contributed by atoms with Crippen molar-refractivity contribution in [1.29, 1.82) is 5.26 Å². The molecule has 0 aromatic heterocycles. The third-order valence-corrected chi connectivity index (χ3v) is 7.58. The molecular weight excluding hydrogens is 284 g/mol. The van der Waals surface area contributed by atoms with E-state index in [1.54, 1.807) is 0 Å². The summed E-state index contributed by atoms with van der Waals surface area (Å²) in [4.78, 5) is 0. The molecule has 3 aromatic rings. The molecule has 2 radical (unpaired) electrons. The van der Waals surface area contributed by atoms with Crippen LogP contribution in [0.5, 0.6) is 0 Å². The zero-order valence-corrected chi connectivity index (χ0v) is 13.0. The number of rotatable bonds is 4. The minimum Gasteiger partial charge on any atom is -0.252 e. The molecule has 0 aliphatic heterocycles. The molecule has 0 aliphatic carbocycles. The summed E-state index contributed by atoms with van der Waals surface area (Å²) in [5.74, 6) is 2.33. The summed E-state index contributed by atoms with van der Waals surface area (Å²) >= 11 is 0. The number of hydrogen-bond acceptors (Lipinski definition) is 1. The summed E-state index contributed by atoms with van der Waals surface area (Å²) < 4.78 is 0. The van der Waals surface area contributed by atoms with E-state index in [0.717, 1.165) is 0 Å². The van der Waals surface area contributed by atoms with Crippen LogP contribution >= 0.6 is 7.14 Å². The van der Waals surface area contributed by atoms with Gasteiger partial charge in [0.25, 0.3) is 0 Å². The SMILES string of the molecule is N#C[B-][P+](c1ccccc1)(c1ccccc1)c1ccccc1. The van der Waals surface area contributed by atoms with Gasteiger partial charge < -0.3 is 0 Å². The van der Waals surface area contributed by atoms with Crippen LogP contribution in [0.25, 0.3) is 0 Å². The Morgan fingerprint density at radius 3 is 1.18 bits per heavy atom. The van der Waals surface area contributed by atoms with Crippen LogP contribution in [0.4, 0.5) is 0 Å². The fourth-order valence-electron chi connectivity index (χ4n) is 2.75. The Kier molecular flexibility index (Phi) is 4.38. The fourth-order valence-corrected chi connectivity index (χ4v) is 6.19. The van der Waals surface area contributed by atoms with Gasteiger partial charge in [-0.3, -0.25) is 5.26 Å². The van der Waals surface area contributed by atoms with Crippen molar-refractivity contribution in [1.82, 2.24) is 0 Å². The highest BCUT2D eigenvalue weighted by atomic mass is 31.2. The molecule has 0 amide bonds. The van der Waals surface area contributed by atoms with Gasteiger partial charge in [-0.15, -0.1) is 0 Å². The van der Waals surface area contributed by atoms with E-state index in [-0.39, 0.29) is 0 Å². The number of hydrogen-bond donors (Lipinski definition) is 0. The molecule has 3 heteroatoms. The van der Waals surface area contributed by atoms with Gasteiger partial charge >= 0.3 is 0 Å². The molecule has 0 heterocycles. The average molecular weight is 299 g/mol. The van der Waals surface area contributed by atoms with Crippen molar-refractivity contribution in [3.05, 3.63) is 91.0 Å². The van der Waals surface area contributed by atoms with Crippen LogP contribution in [0.3, 0.4) is 0 Å². The molecule has 0 aliphatic rings. The van der Waals surface area contributed by atoms with E-state index in [2.05, 4.69) is 42.4 Å². The van der Waals surface area contributed by atoms with Gasteiger partial charge in [0.15, 0.2) is 0 Å². The molecule has 0 saturated carbocycles. The van der Waals surface area contributed by atoms with Gasteiger partial charge in [0, 0.05) is 0 Å². The molecule has 0 unspecified atom stereocenters. The molecule has 3 rings (SSSR count). The van der Waals surface area contributed by atoms with Gasteiger partial charge in [0.2, 0.25) is 0 Å². The summed E-state index contributed by atoms with van der Waals surface area (Å²) in [7, 11) is -2.04. The van der Waals surface area contributed by atoms with Gasteiger partial charge in [0.05, 0.1) is 22.9 Å². The van der Waals surface area contributed by atoms with Crippen molar-refractivity contribution in [2.75, 3.05) is 0 Å². The molecule has 0 atom stereocenters. The second-order valence-corrected chi connectivity index (χ2v) is 8.24. The van der Waals surface area contributed by atoms with E-state index < -0.39 is 7.14 Å². The first-order valence-electron chi connectivity index (χ1n) is 7.17. The van der Waals surface area contributed by atoms with E-state index in [9.17, 15) is 5.26 Å². The minimum atomic E-state index is -2.04. The number of nitriles is 1. The Bertz CT molecular complexity index is 670. The highest BCUT2D eigenvalue weighted by molar-refractivity contribution is 8.16. The highest BCUT2D eigenvalue weighted by Gasteiger charge is 2.34. The van der Waals surface area contributed by atoms with Crippen LogP contribution in [0.1, 0.15) is 0 Å². The standard InChI is InChI=1S/C19H15BNP/c21-16-20-22(17-10-4-1-5-11-17,18-12-6-2-7-13-18)19-14-8-3-9-15-19/h1-15H. The van der Waals surface area contributed by atoms with Crippen molar-refractivity contribution >= 4 is 30.1 Å². The third kappa shape index (κ3) is 2.57. The highest BCUT2D eigenvalue weighted by Crippen LogP contribution is 2.53. The van der Waals surface area contributed by atoms with Gasteiger partial charge in [-0.05, 0) is 36.4 Å². The maximum atomic E-state index is 9.51. The van der Waals surface area contributed by atoms with Crippen LogP contribution in [0, 0.1) is 11.2 Å². The molecule has 22 heavy (non-hydrogen) atoms. The van der Waals surface area contributed by atoms with Gasteiger partial charge in [-0.25, -0.2) is 0 Å². The van der Waals surface area contributed by atoms with Crippen molar-refractivity contribution < 1.29 is 0 Å². The second-order valence-electron chi connectivity index (χ2n) is 4.99. The van der Waals surface area contributed by atoms with E-state index >= 15 is 0 Å². The molecule has 3 aromatic carbocycles. The van der Waals surface area contributed by atoms with E-state index in [1.165, 1.54) is 15.9 Å². The molecule has 0 bridgehead atoms. The quantitative estimate of drug-likeness (QED) is 0.536. The van der Waals surface area contributed by atoms with Crippen LogP contribution < -0.4 is 15.9 Å². The van der Waals surface area contributed by atoms with Crippen molar-refractivity contribution in [3.8, 4) is 5.97 Å². The van der Waals surface area contributed by atoms with Gasteiger partial charge in [-0.1, -0.05) is 61.7 Å². The first kappa shape index (κ1) is 14.6. The van der Waals surface area contributed by atoms with E-state index in [1.807, 2.05) is 61.6 Å². The lowest BCUT2D eigenvalue weighted by molar-refractivity contribution is 1.56. The maximum absolute atomic E-state index is 9.51. The van der Waals surface area contributed by atoms with E-state index in [4.69, 9.17) is 0 Å². The fraction of sp³-hybridized carbons (Fsp3) is 0. The lowest BCUT2D eigenvalue weighted by atomic mass is 10.2. The van der Waals surface area contributed by atoms with Gasteiger partial charge in [0.1, 0.15) is 0 Å². The Labute approximate surface area is 132 Å². The van der Waals surface area contributed by atoms with Crippen LogP contribution in [0.15, 0.2) is 91.0 Å². The van der Waals surface area contributed by atoms with Crippen molar-refractivity contribution in [3.63, 3.8) is 0 Å². The van der Waals surface area contributed by atoms with Crippen molar-refractivity contribution in [2.45, 2.75) is 0 Å². The predicted molar refractivity (Wildman–Crippen MR) is 96.5 cm³/mol. The summed E-state index contributed by atoms with van der Waals surface area (Å²) in [6, 6.07) is 31.1. The van der Waals surface area contributed by atoms with E-state index in [0.29, 0.717) is 0 Å². The molecule has 0 saturated heterocycles.